The predicted molar refractivity (Wildman–Crippen MR) is 86.0 cm³/mol. The SMILES string of the molecule is CNCC(Cc1ccccc1Br)c1ccc(Cl)cc1. The first kappa shape index (κ1) is 14.6. The fourth-order valence-corrected chi connectivity index (χ4v) is 2.79. The summed E-state index contributed by atoms with van der Waals surface area (Å²) >= 11 is 9.57. The topological polar surface area (TPSA) is 12.0 Å². The van der Waals surface area contributed by atoms with E-state index >= 15 is 0 Å². The van der Waals surface area contributed by atoms with Crippen molar-refractivity contribution in [1.29, 1.82) is 0 Å². The Kier molecular flexibility index (Phi) is 5.44. The van der Waals surface area contributed by atoms with Gasteiger partial charge in [-0.2, -0.15) is 0 Å². The zero-order valence-electron chi connectivity index (χ0n) is 10.9. The van der Waals surface area contributed by atoms with Crippen LogP contribution in [0, 0.1) is 0 Å². The lowest BCUT2D eigenvalue weighted by atomic mass is 9.92. The maximum absolute atomic E-state index is 5.96. The van der Waals surface area contributed by atoms with Crippen LogP contribution in [0.4, 0.5) is 0 Å². The molecule has 0 aliphatic rings. The van der Waals surface area contributed by atoms with E-state index < -0.39 is 0 Å². The third-order valence-corrected chi connectivity index (χ3v) is 4.24. The van der Waals surface area contributed by atoms with Crippen LogP contribution in [0.25, 0.3) is 0 Å². The molecule has 0 saturated carbocycles. The van der Waals surface area contributed by atoms with Gasteiger partial charge in [-0.15, -0.1) is 0 Å². The van der Waals surface area contributed by atoms with Crippen molar-refractivity contribution in [2.75, 3.05) is 13.6 Å². The highest BCUT2D eigenvalue weighted by Gasteiger charge is 2.13. The quantitative estimate of drug-likeness (QED) is 0.837. The molecule has 0 aromatic heterocycles. The minimum atomic E-state index is 0.445. The molecule has 1 unspecified atom stereocenters. The summed E-state index contributed by atoms with van der Waals surface area (Å²) in [6, 6.07) is 16.5. The van der Waals surface area contributed by atoms with E-state index in [9.17, 15) is 0 Å². The van der Waals surface area contributed by atoms with Crippen molar-refractivity contribution in [2.45, 2.75) is 12.3 Å². The first-order chi connectivity index (χ1) is 9.20. The summed E-state index contributed by atoms with van der Waals surface area (Å²) in [4.78, 5) is 0. The molecule has 0 aliphatic heterocycles. The molecule has 2 aromatic carbocycles. The lowest BCUT2D eigenvalue weighted by Gasteiger charge is -2.18. The summed E-state index contributed by atoms with van der Waals surface area (Å²) in [5.41, 5.74) is 2.65. The second-order valence-electron chi connectivity index (χ2n) is 4.60. The zero-order chi connectivity index (χ0) is 13.7. The van der Waals surface area contributed by atoms with Gasteiger partial charge in [-0.25, -0.2) is 0 Å². The number of nitrogens with one attached hydrogen (secondary N) is 1. The number of hydrogen-bond acceptors (Lipinski definition) is 1. The average molecular weight is 339 g/mol. The second-order valence-corrected chi connectivity index (χ2v) is 5.89. The second kappa shape index (κ2) is 7.09. The van der Waals surface area contributed by atoms with Gasteiger partial charge in [0.25, 0.3) is 0 Å². The van der Waals surface area contributed by atoms with E-state index in [4.69, 9.17) is 11.6 Å². The van der Waals surface area contributed by atoms with Crippen molar-refractivity contribution in [3.63, 3.8) is 0 Å². The molecule has 0 radical (unpaired) electrons. The van der Waals surface area contributed by atoms with Gasteiger partial charge in [-0.1, -0.05) is 57.9 Å². The summed E-state index contributed by atoms with van der Waals surface area (Å²) in [5, 5.41) is 4.06. The van der Waals surface area contributed by atoms with Crippen LogP contribution in [0.15, 0.2) is 53.0 Å². The Bertz CT molecular complexity index is 525. The van der Waals surface area contributed by atoms with Gasteiger partial charge in [0.15, 0.2) is 0 Å². The third-order valence-electron chi connectivity index (χ3n) is 3.22. The smallest absolute Gasteiger partial charge is 0.0406 e. The number of benzene rings is 2. The van der Waals surface area contributed by atoms with Crippen molar-refractivity contribution >= 4 is 27.5 Å². The molecule has 0 saturated heterocycles. The average Bonchev–Trinajstić information content (AvgIpc) is 2.42. The predicted octanol–water partition coefficient (Wildman–Crippen LogP) is 4.65. The molecule has 0 heterocycles. The van der Waals surface area contributed by atoms with Gasteiger partial charge in [-0.05, 0) is 42.8 Å². The molecule has 1 N–H and O–H groups in total. The fourth-order valence-electron chi connectivity index (χ4n) is 2.22. The molecule has 3 heteroatoms. The monoisotopic (exact) mass is 337 g/mol. The van der Waals surface area contributed by atoms with Crippen molar-refractivity contribution in [1.82, 2.24) is 5.32 Å². The normalized spacial score (nSPS) is 12.4. The molecule has 0 spiro atoms. The fraction of sp³-hybridized carbons (Fsp3) is 0.250. The Morgan fingerprint density at radius 2 is 1.79 bits per heavy atom. The van der Waals surface area contributed by atoms with Crippen molar-refractivity contribution in [2.24, 2.45) is 0 Å². The Morgan fingerprint density at radius 1 is 1.11 bits per heavy atom. The van der Waals surface area contributed by atoms with Gasteiger partial charge in [0.1, 0.15) is 0 Å². The molecule has 1 nitrogen and oxygen atoms in total. The van der Waals surface area contributed by atoms with E-state index in [1.54, 1.807) is 0 Å². The summed E-state index contributed by atoms with van der Waals surface area (Å²) in [5.74, 6) is 0.445. The van der Waals surface area contributed by atoms with Crippen molar-refractivity contribution in [3.05, 3.63) is 69.2 Å². The first-order valence-corrected chi connectivity index (χ1v) is 7.51. The number of halogens is 2. The summed E-state index contributed by atoms with van der Waals surface area (Å²) in [6.07, 6.45) is 1.00. The standard InChI is InChI=1S/C16H17BrClN/c1-19-11-14(12-6-8-15(18)9-7-12)10-13-4-2-3-5-16(13)17/h2-9,14,19H,10-11H2,1H3. The van der Waals surface area contributed by atoms with E-state index in [0.717, 1.165) is 18.0 Å². The lowest BCUT2D eigenvalue weighted by Crippen LogP contribution is -2.19. The number of rotatable bonds is 5. The van der Waals surface area contributed by atoms with Gasteiger partial charge >= 0.3 is 0 Å². The van der Waals surface area contributed by atoms with E-state index in [0.29, 0.717) is 5.92 Å². The van der Waals surface area contributed by atoms with Crippen LogP contribution in [0.2, 0.25) is 5.02 Å². The van der Waals surface area contributed by atoms with E-state index in [1.165, 1.54) is 15.6 Å². The first-order valence-electron chi connectivity index (χ1n) is 6.34. The van der Waals surface area contributed by atoms with Crippen LogP contribution >= 0.6 is 27.5 Å². The summed E-state index contributed by atoms with van der Waals surface area (Å²) < 4.78 is 1.17. The Morgan fingerprint density at radius 3 is 2.42 bits per heavy atom. The molecule has 0 bridgehead atoms. The van der Waals surface area contributed by atoms with Gasteiger partial charge in [-0.3, -0.25) is 0 Å². The molecule has 19 heavy (non-hydrogen) atoms. The van der Waals surface area contributed by atoms with Crippen LogP contribution in [0.1, 0.15) is 17.0 Å². The van der Waals surface area contributed by atoms with Gasteiger partial charge in [0, 0.05) is 22.0 Å². The van der Waals surface area contributed by atoms with Crippen molar-refractivity contribution < 1.29 is 0 Å². The van der Waals surface area contributed by atoms with E-state index in [1.807, 2.05) is 25.2 Å². The molecular weight excluding hydrogens is 322 g/mol. The zero-order valence-corrected chi connectivity index (χ0v) is 13.2. The summed E-state index contributed by atoms with van der Waals surface area (Å²) in [6.45, 7) is 0.947. The molecule has 0 aliphatic carbocycles. The highest BCUT2D eigenvalue weighted by molar-refractivity contribution is 9.10. The highest BCUT2D eigenvalue weighted by Crippen LogP contribution is 2.26. The maximum atomic E-state index is 5.96. The Hall–Kier alpha value is -0.830. The highest BCUT2D eigenvalue weighted by atomic mass is 79.9. The largest absolute Gasteiger partial charge is 0.319 e. The van der Waals surface area contributed by atoms with E-state index in [2.05, 4.69) is 51.6 Å². The van der Waals surface area contributed by atoms with Gasteiger partial charge < -0.3 is 5.32 Å². The Balaban J connectivity index is 2.21. The molecule has 2 rings (SSSR count). The molecule has 100 valence electrons. The Labute approximate surface area is 128 Å². The maximum Gasteiger partial charge on any atom is 0.0406 e. The minimum absolute atomic E-state index is 0.445. The summed E-state index contributed by atoms with van der Waals surface area (Å²) in [7, 11) is 1.99. The molecule has 2 aromatic rings. The lowest BCUT2D eigenvalue weighted by molar-refractivity contribution is 0.625. The molecule has 0 amide bonds. The van der Waals surface area contributed by atoms with Gasteiger partial charge in [0.2, 0.25) is 0 Å². The van der Waals surface area contributed by atoms with E-state index in [-0.39, 0.29) is 0 Å². The van der Waals surface area contributed by atoms with Crippen LogP contribution in [0.3, 0.4) is 0 Å². The van der Waals surface area contributed by atoms with Crippen LogP contribution < -0.4 is 5.32 Å². The third kappa shape index (κ3) is 4.07. The number of hydrogen-bond donors (Lipinski definition) is 1. The van der Waals surface area contributed by atoms with Crippen LogP contribution in [0.5, 0.6) is 0 Å². The number of likely N-dealkylation sites (N-methyl/N-ethyl adjacent to an activating group) is 1. The van der Waals surface area contributed by atoms with Crippen LogP contribution in [-0.4, -0.2) is 13.6 Å². The van der Waals surface area contributed by atoms with Gasteiger partial charge in [0.05, 0.1) is 0 Å². The molecule has 1 atom stereocenters. The molecular formula is C16H17BrClN. The minimum Gasteiger partial charge on any atom is -0.319 e. The van der Waals surface area contributed by atoms with Crippen LogP contribution in [-0.2, 0) is 6.42 Å². The molecule has 0 fully saturated rings. The van der Waals surface area contributed by atoms with Crippen molar-refractivity contribution in [3.8, 4) is 0 Å².